The third-order valence-corrected chi connectivity index (χ3v) is 3.98. The minimum atomic E-state index is 0.212. The molecule has 2 fully saturated rings. The van der Waals surface area contributed by atoms with Crippen molar-refractivity contribution in [3.63, 3.8) is 0 Å². The van der Waals surface area contributed by atoms with Crippen LogP contribution in [0.5, 0.6) is 0 Å². The van der Waals surface area contributed by atoms with Crippen LogP contribution in [0.3, 0.4) is 0 Å². The minimum absolute atomic E-state index is 0.212. The molecular formula is C11H21N3O. The van der Waals surface area contributed by atoms with Crippen LogP contribution >= 0.6 is 0 Å². The molecule has 0 unspecified atom stereocenters. The van der Waals surface area contributed by atoms with E-state index in [0.29, 0.717) is 0 Å². The van der Waals surface area contributed by atoms with E-state index >= 15 is 0 Å². The molecule has 4 heteroatoms. The molecule has 1 saturated heterocycles. The Morgan fingerprint density at radius 3 is 2.47 bits per heavy atom. The van der Waals surface area contributed by atoms with Gasteiger partial charge in [0.25, 0.3) is 0 Å². The van der Waals surface area contributed by atoms with E-state index in [1.807, 2.05) is 0 Å². The summed E-state index contributed by atoms with van der Waals surface area (Å²) in [4.78, 5) is 13.9. The molecule has 1 aliphatic heterocycles. The normalized spacial score (nSPS) is 24.5. The molecule has 2 N–H and O–H groups in total. The highest BCUT2D eigenvalue weighted by atomic mass is 16.2. The van der Waals surface area contributed by atoms with Gasteiger partial charge in [0.2, 0.25) is 5.91 Å². The topological polar surface area (TPSA) is 44.4 Å². The first kappa shape index (κ1) is 10.9. The van der Waals surface area contributed by atoms with Gasteiger partial charge >= 0.3 is 0 Å². The number of rotatable bonds is 4. The third kappa shape index (κ3) is 2.01. The maximum atomic E-state index is 11.7. The number of nitrogens with one attached hydrogen (secondary N) is 2. The largest absolute Gasteiger partial charge is 0.354 e. The maximum Gasteiger partial charge on any atom is 0.225 e. The van der Waals surface area contributed by atoms with E-state index < -0.39 is 0 Å². The smallest absolute Gasteiger partial charge is 0.225 e. The van der Waals surface area contributed by atoms with Crippen molar-refractivity contribution < 1.29 is 4.79 Å². The van der Waals surface area contributed by atoms with Crippen LogP contribution in [0.1, 0.15) is 19.3 Å². The van der Waals surface area contributed by atoms with Crippen molar-refractivity contribution in [1.82, 2.24) is 15.5 Å². The van der Waals surface area contributed by atoms with Gasteiger partial charge in [0.15, 0.2) is 0 Å². The summed E-state index contributed by atoms with van der Waals surface area (Å²) < 4.78 is 0. The number of likely N-dealkylation sites (N-methyl/N-ethyl adjacent to an activating group) is 1. The van der Waals surface area contributed by atoms with Crippen LogP contribution in [0.15, 0.2) is 0 Å². The molecule has 0 aromatic heterocycles. The summed E-state index contributed by atoms with van der Waals surface area (Å²) in [6.07, 6.45) is 3.71. The van der Waals surface area contributed by atoms with Crippen LogP contribution in [0.2, 0.25) is 0 Å². The van der Waals surface area contributed by atoms with Crippen molar-refractivity contribution in [2.24, 2.45) is 5.92 Å². The number of carbonyl (C=O) groups excluding carboxylic acids is 1. The van der Waals surface area contributed by atoms with Crippen molar-refractivity contribution in [3.8, 4) is 0 Å². The standard InChI is InChI=1S/C11H21N3O/c1-14(2)11(4-3-5-11)8-13-10(15)9-6-12-7-9/h9,12H,3-8H2,1-2H3,(H,13,15). The number of hydrogen-bond acceptors (Lipinski definition) is 3. The molecule has 86 valence electrons. The van der Waals surface area contributed by atoms with Gasteiger partial charge in [0.1, 0.15) is 0 Å². The van der Waals surface area contributed by atoms with Crippen molar-refractivity contribution in [2.45, 2.75) is 24.8 Å². The van der Waals surface area contributed by atoms with Gasteiger partial charge in [-0.3, -0.25) is 4.79 Å². The predicted octanol–water partition coefficient (Wildman–Crippen LogP) is -0.194. The van der Waals surface area contributed by atoms with Gasteiger partial charge < -0.3 is 15.5 Å². The second kappa shape index (κ2) is 4.10. The molecule has 15 heavy (non-hydrogen) atoms. The van der Waals surface area contributed by atoms with Crippen molar-refractivity contribution in [2.75, 3.05) is 33.7 Å². The van der Waals surface area contributed by atoms with Crippen molar-refractivity contribution in [3.05, 3.63) is 0 Å². The molecule has 1 amide bonds. The number of nitrogens with zero attached hydrogens (tertiary/aromatic N) is 1. The summed E-state index contributed by atoms with van der Waals surface area (Å²) in [5.41, 5.74) is 0.243. The molecule has 0 bridgehead atoms. The van der Waals surface area contributed by atoms with E-state index in [0.717, 1.165) is 19.6 Å². The highest BCUT2D eigenvalue weighted by molar-refractivity contribution is 5.80. The lowest BCUT2D eigenvalue weighted by Crippen LogP contribution is -2.59. The molecule has 0 aromatic carbocycles. The number of hydrogen-bond donors (Lipinski definition) is 2. The molecule has 2 rings (SSSR count). The highest BCUT2D eigenvalue weighted by Gasteiger charge is 2.39. The SMILES string of the molecule is CN(C)C1(CNC(=O)C2CNC2)CCC1. The Hall–Kier alpha value is -0.610. The Bertz CT molecular complexity index is 244. The first-order chi connectivity index (χ1) is 7.14. The van der Waals surface area contributed by atoms with Gasteiger partial charge in [-0.15, -0.1) is 0 Å². The van der Waals surface area contributed by atoms with Gasteiger partial charge in [-0.1, -0.05) is 0 Å². The van der Waals surface area contributed by atoms with Crippen LogP contribution < -0.4 is 10.6 Å². The zero-order chi connectivity index (χ0) is 10.9. The lowest BCUT2D eigenvalue weighted by Gasteiger charge is -2.47. The molecular weight excluding hydrogens is 190 g/mol. The Labute approximate surface area is 91.4 Å². The molecule has 0 radical (unpaired) electrons. The average molecular weight is 211 g/mol. The monoisotopic (exact) mass is 211 g/mol. The zero-order valence-corrected chi connectivity index (χ0v) is 9.68. The van der Waals surface area contributed by atoms with E-state index in [-0.39, 0.29) is 17.4 Å². The lowest BCUT2D eigenvalue weighted by molar-refractivity contribution is -0.127. The quantitative estimate of drug-likeness (QED) is 0.677. The van der Waals surface area contributed by atoms with Gasteiger partial charge in [0.05, 0.1) is 5.92 Å². The molecule has 4 nitrogen and oxygen atoms in total. The number of amides is 1. The zero-order valence-electron chi connectivity index (χ0n) is 9.68. The molecule has 1 saturated carbocycles. The summed E-state index contributed by atoms with van der Waals surface area (Å²) in [6.45, 7) is 2.51. The summed E-state index contributed by atoms with van der Waals surface area (Å²) in [5, 5.41) is 6.21. The van der Waals surface area contributed by atoms with Crippen LogP contribution in [0.25, 0.3) is 0 Å². The molecule has 1 aliphatic carbocycles. The predicted molar refractivity (Wildman–Crippen MR) is 59.6 cm³/mol. The van der Waals surface area contributed by atoms with Gasteiger partial charge in [-0.05, 0) is 33.4 Å². The summed E-state index contributed by atoms with van der Waals surface area (Å²) in [6, 6.07) is 0. The molecule has 1 heterocycles. The Kier molecular flexibility index (Phi) is 2.98. The Morgan fingerprint density at radius 1 is 1.47 bits per heavy atom. The lowest BCUT2D eigenvalue weighted by atomic mass is 9.75. The van der Waals surface area contributed by atoms with Crippen molar-refractivity contribution >= 4 is 5.91 Å². The Balaban J connectivity index is 1.78. The second-order valence-electron chi connectivity index (χ2n) is 5.05. The van der Waals surface area contributed by atoms with Crippen molar-refractivity contribution in [1.29, 1.82) is 0 Å². The Morgan fingerprint density at radius 2 is 2.13 bits per heavy atom. The van der Waals surface area contributed by atoms with Gasteiger partial charge in [-0.25, -0.2) is 0 Å². The fourth-order valence-electron chi connectivity index (χ4n) is 2.24. The van der Waals surface area contributed by atoms with Crippen LogP contribution in [0, 0.1) is 5.92 Å². The molecule has 0 aromatic rings. The summed E-state index contributed by atoms with van der Waals surface area (Å²) in [5.74, 6) is 0.436. The van der Waals surface area contributed by atoms with E-state index in [1.165, 1.54) is 19.3 Å². The van der Waals surface area contributed by atoms with E-state index in [2.05, 4.69) is 29.6 Å². The van der Waals surface area contributed by atoms with E-state index in [1.54, 1.807) is 0 Å². The fraction of sp³-hybridized carbons (Fsp3) is 0.909. The van der Waals surface area contributed by atoms with Crippen LogP contribution in [-0.2, 0) is 4.79 Å². The molecule has 2 aliphatic rings. The maximum absolute atomic E-state index is 11.7. The fourth-order valence-corrected chi connectivity index (χ4v) is 2.24. The molecule has 0 spiro atoms. The second-order valence-corrected chi connectivity index (χ2v) is 5.05. The van der Waals surface area contributed by atoms with Crippen LogP contribution in [-0.4, -0.2) is 50.1 Å². The summed E-state index contributed by atoms with van der Waals surface area (Å²) in [7, 11) is 4.21. The van der Waals surface area contributed by atoms with Crippen LogP contribution in [0.4, 0.5) is 0 Å². The molecule has 0 atom stereocenters. The highest BCUT2D eigenvalue weighted by Crippen LogP contribution is 2.35. The third-order valence-electron chi connectivity index (χ3n) is 3.98. The first-order valence-corrected chi connectivity index (χ1v) is 5.80. The number of carbonyl (C=O) groups is 1. The van der Waals surface area contributed by atoms with E-state index in [4.69, 9.17) is 0 Å². The minimum Gasteiger partial charge on any atom is -0.354 e. The van der Waals surface area contributed by atoms with Gasteiger partial charge in [-0.2, -0.15) is 0 Å². The first-order valence-electron chi connectivity index (χ1n) is 5.80. The summed E-state index contributed by atoms with van der Waals surface area (Å²) >= 11 is 0. The van der Waals surface area contributed by atoms with Gasteiger partial charge in [0, 0.05) is 25.2 Å². The average Bonchev–Trinajstić information content (AvgIpc) is 1.97. The van der Waals surface area contributed by atoms with E-state index in [9.17, 15) is 4.79 Å².